The minimum atomic E-state index is -0.867. The number of phenols is 1. The number of hydrogen-bond acceptors (Lipinski definition) is 3. The van der Waals surface area contributed by atoms with Crippen LogP contribution < -0.4 is 5.32 Å². The molecule has 1 aromatic carbocycles. The van der Waals surface area contributed by atoms with Gasteiger partial charge >= 0.3 is 5.97 Å². The fraction of sp³-hybridized carbons (Fsp3) is 0.385. The van der Waals surface area contributed by atoms with E-state index in [9.17, 15) is 14.7 Å². The number of aromatic hydroxyl groups is 1. The zero-order valence-corrected chi connectivity index (χ0v) is 10.2. The van der Waals surface area contributed by atoms with Gasteiger partial charge in [0.25, 0.3) is 5.91 Å². The third kappa shape index (κ3) is 4.45. The molecule has 0 saturated heterocycles. The van der Waals surface area contributed by atoms with Crippen molar-refractivity contribution in [3.63, 3.8) is 0 Å². The molecule has 1 rings (SSSR count). The number of nitrogens with one attached hydrogen (secondary N) is 1. The average Bonchev–Trinajstić information content (AvgIpc) is 2.33. The topological polar surface area (TPSA) is 86.6 Å². The Labute approximate surface area is 105 Å². The Kier molecular flexibility index (Phi) is 5.17. The van der Waals surface area contributed by atoms with Gasteiger partial charge in [0.15, 0.2) is 0 Å². The summed E-state index contributed by atoms with van der Waals surface area (Å²) in [4.78, 5) is 22.3. The van der Waals surface area contributed by atoms with Gasteiger partial charge in [-0.3, -0.25) is 9.59 Å². The Balaban J connectivity index is 2.52. The fourth-order valence-electron chi connectivity index (χ4n) is 1.59. The van der Waals surface area contributed by atoms with Crippen LogP contribution in [-0.2, 0) is 4.79 Å². The molecule has 98 valence electrons. The first-order chi connectivity index (χ1) is 8.52. The molecular weight excluding hydrogens is 234 g/mol. The molecule has 0 bridgehead atoms. The molecule has 0 aliphatic rings. The van der Waals surface area contributed by atoms with Crippen LogP contribution in [-0.4, -0.2) is 28.6 Å². The number of aliphatic carboxylic acids is 1. The zero-order chi connectivity index (χ0) is 13.5. The molecule has 1 amide bonds. The van der Waals surface area contributed by atoms with E-state index in [0.717, 1.165) is 0 Å². The highest BCUT2D eigenvalue weighted by Gasteiger charge is 2.13. The number of benzene rings is 1. The molecule has 0 aliphatic carbocycles. The first kappa shape index (κ1) is 14.0. The number of carbonyl (C=O) groups excluding carboxylic acids is 1. The summed E-state index contributed by atoms with van der Waals surface area (Å²) in [5.41, 5.74) is 0.361. The molecule has 1 unspecified atom stereocenters. The molecule has 0 radical (unpaired) electrons. The Morgan fingerprint density at radius 2 is 2.11 bits per heavy atom. The molecule has 0 fully saturated rings. The van der Waals surface area contributed by atoms with E-state index >= 15 is 0 Å². The normalized spacial score (nSPS) is 11.8. The fourth-order valence-corrected chi connectivity index (χ4v) is 1.59. The predicted molar refractivity (Wildman–Crippen MR) is 66.5 cm³/mol. The summed E-state index contributed by atoms with van der Waals surface area (Å²) in [7, 11) is 0. The maximum Gasteiger partial charge on any atom is 0.303 e. The largest absolute Gasteiger partial charge is 0.508 e. The monoisotopic (exact) mass is 251 g/mol. The second-order valence-electron chi connectivity index (χ2n) is 4.13. The van der Waals surface area contributed by atoms with Gasteiger partial charge in [-0.15, -0.1) is 0 Å². The van der Waals surface area contributed by atoms with Crippen LogP contribution >= 0.6 is 0 Å². The summed E-state index contributed by atoms with van der Waals surface area (Å²) in [6, 6.07) is 6.02. The summed E-state index contributed by atoms with van der Waals surface area (Å²) in [6.07, 6.45) is 0.726. The van der Waals surface area contributed by atoms with Gasteiger partial charge in [-0.2, -0.15) is 0 Å². The number of hydrogen-bond donors (Lipinski definition) is 3. The van der Waals surface area contributed by atoms with Crippen molar-refractivity contribution in [3.8, 4) is 5.75 Å². The Hall–Kier alpha value is -2.04. The van der Waals surface area contributed by atoms with Crippen molar-refractivity contribution in [2.75, 3.05) is 6.54 Å². The lowest BCUT2D eigenvalue weighted by Crippen LogP contribution is -2.30. The molecule has 0 saturated carbocycles. The number of carboxylic acids is 1. The van der Waals surface area contributed by atoms with E-state index < -0.39 is 5.97 Å². The molecule has 3 N–H and O–H groups in total. The van der Waals surface area contributed by atoms with Gasteiger partial charge in [-0.05, 0) is 24.1 Å². The molecule has 1 aromatic rings. The highest BCUT2D eigenvalue weighted by molar-refractivity contribution is 5.94. The molecule has 0 aromatic heterocycles. The van der Waals surface area contributed by atoms with Crippen LogP contribution in [0.5, 0.6) is 5.75 Å². The van der Waals surface area contributed by atoms with Crippen molar-refractivity contribution >= 4 is 11.9 Å². The first-order valence-electron chi connectivity index (χ1n) is 5.82. The van der Waals surface area contributed by atoms with Gasteiger partial charge in [0.2, 0.25) is 0 Å². The minimum Gasteiger partial charge on any atom is -0.508 e. The van der Waals surface area contributed by atoms with Crippen molar-refractivity contribution in [2.45, 2.75) is 19.8 Å². The standard InChI is InChI=1S/C13H17NO4/c1-2-9(6-12(16)17)8-14-13(18)10-4-3-5-11(15)7-10/h3-5,7,9,15H,2,6,8H2,1H3,(H,14,18)(H,16,17). The Bertz CT molecular complexity index is 431. The second kappa shape index (κ2) is 6.64. The van der Waals surface area contributed by atoms with Gasteiger partial charge in [0.1, 0.15) is 5.75 Å². The van der Waals surface area contributed by atoms with Gasteiger partial charge in [-0.1, -0.05) is 19.4 Å². The summed E-state index contributed by atoms with van der Waals surface area (Å²) >= 11 is 0. The van der Waals surface area contributed by atoms with Crippen LogP contribution in [0.3, 0.4) is 0 Å². The smallest absolute Gasteiger partial charge is 0.303 e. The summed E-state index contributed by atoms with van der Waals surface area (Å²) in [5, 5.41) is 20.6. The van der Waals surface area contributed by atoms with Crippen LogP contribution in [0.2, 0.25) is 0 Å². The van der Waals surface area contributed by atoms with E-state index in [0.29, 0.717) is 18.5 Å². The second-order valence-corrected chi connectivity index (χ2v) is 4.13. The molecule has 0 heterocycles. The molecular formula is C13H17NO4. The molecule has 18 heavy (non-hydrogen) atoms. The third-order valence-corrected chi connectivity index (χ3v) is 2.70. The van der Waals surface area contributed by atoms with Crippen molar-refractivity contribution in [1.29, 1.82) is 0 Å². The molecule has 5 heteroatoms. The van der Waals surface area contributed by atoms with Crippen LogP contribution in [0, 0.1) is 5.92 Å². The highest BCUT2D eigenvalue weighted by Crippen LogP contribution is 2.11. The SMILES string of the molecule is CCC(CNC(=O)c1cccc(O)c1)CC(=O)O. The lowest BCUT2D eigenvalue weighted by molar-refractivity contribution is -0.138. The predicted octanol–water partition coefficient (Wildman–Crippen LogP) is 1.62. The van der Waals surface area contributed by atoms with E-state index in [2.05, 4.69) is 5.32 Å². The maximum atomic E-state index is 11.7. The number of carbonyl (C=O) groups is 2. The maximum absolute atomic E-state index is 11.7. The molecule has 1 atom stereocenters. The van der Waals surface area contributed by atoms with Crippen LogP contribution in [0.4, 0.5) is 0 Å². The van der Waals surface area contributed by atoms with Crippen molar-refractivity contribution in [2.24, 2.45) is 5.92 Å². The number of carboxylic acid groups (broad SMARTS) is 1. The van der Waals surface area contributed by atoms with E-state index in [1.807, 2.05) is 6.92 Å². The minimum absolute atomic E-state index is 0.0280. The molecule has 5 nitrogen and oxygen atoms in total. The van der Waals surface area contributed by atoms with E-state index in [-0.39, 0.29) is 24.0 Å². The van der Waals surface area contributed by atoms with Crippen LogP contribution in [0.25, 0.3) is 0 Å². The van der Waals surface area contributed by atoms with Crippen LogP contribution in [0.15, 0.2) is 24.3 Å². The lowest BCUT2D eigenvalue weighted by atomic mass is 10.0. The lowest BCUT2D eigenvalue weighted by Gasteiger charge is -2.13. The summed E-state index contributed by atoms with van der Waals surface area (Å²) in [6.45, 7) is 2.20. The van der Waals surface area contributed by atoms with Gasteiger partial charge in [-0.25, -0.2) is 0 Å². The first-order valence-corrected chi connectivity index (χ1v) is 5.82. The highest BCUT2D eigenvalue weighted by atomic mass is 16.4. The van der Waals surface area contributed by atoms with Gasteiger partial charge < -0.3 is 15.5 Å². The van der Waals surface area contributed by atoms with E-state index in [4.69, 9.17) is 5.11 Å². The summed E-state index contributed by atoms with van der Waals surface area (Å²) in [5.74, 6) is -1.23. The number of amides is 1. The molecule has 0 aliphatic heterocycles. The Morgan fingerprint density at radius 1 is 1.39 bits per heavy atom. The Morgan fingerprint density at radius 3 is 2.67 bits per heavy atom. The van der Waals surface area contributed by atoms with E-state index in [1.54, 1.807) is 12.1 Å². The molecule has 0 spiro atoms. The van der Waals surface area contributed by atoms with E-state index in [1.165, 1.54) is 12.1 Å². The number of phenolic OH excluding ortho intramolecular Hbond substituents is 1. The van der Waals surface area contributed by atoms with Gasteiger partial charge in [0, 0.05) is 18.5 Å². The summed E-state index contributed by atoms with van der Waals surface area (Å²) < 4.78 is 0. The average molecular weight is 251 g/mol. The number of rotatable bonds is 6. The van der Waals surface area contributed by atoms with Crippen molar-refractivity contribution in [3.05, 3.63) is 29.8 Å². The van der Waals surface area contributed by atoms with Crippen molar-refractivity contribution < 1.29 is 19.8 Å². The van der Waals surface area contributed by atoms with Crippen LogP contribution in [0.1, 0.15) is 30.1 Å². The zero-order valence-electron chi connectivity index (χ0n) is 10.2. The quantitative estimate of drug-likeness (QED) is 0.717. The van der Waals surface area contributed by atoms with Crippen molar-refractivity contribution in [1.82, 2.24) is 5.32 Å². The third-order valence-electron chi connectivity index (χ3n) is 2.70. The van der Waals surface area contributed by atoms with Gasteiger partial charge in [0.05, 0.1) is 0 Å².